The fraction of sp³-hybridized carbons (Fsp3) is 0. The summed E-state index contributed by atoms with van der Waals surface area (Å²) in [6.07, 6.45) is 0.860. The van der Waals surface area contributed by atoms with Crippen molar-refractivity contribution in [1.82, 2.24) is 4.98 Å². The molecule has 1 N–H and O–H groups in total. The summed E-state index contributed by atoms with van der Waals surface area (Å²) in [4.78, 5) is 13.2. The van der Waals surface area contributed by atoms with Crippen LogP contribution in [0.2, 0.25) is 0 Å². The SMILES string of the molecule is O=Cc1cc2ccc1[nH]2. The molecule has 0 fully saturated rings. The van der Waals surface area contributed by atoms with Gasteiger partial charge in [0.05, 0.1) is 0 Å². The van der Waals surface area contributed by atoms with Gasteiger partial charge in [-0.3, -0.25) is 4.79 Å². The van der Waals surface area contributed by atoms with Gasteiger partial charge in [0.15, 0.2) is 6.29 Å². The standard InChI is InChI=1S/C7H5NO/c9-4-5-3-6-1-2-7(5)8-6/h1-4,8H. The van der Waals surface area contributed by atoms with Gasteiger partial charge in [-0.15, -0.1) is 0 Å². The zero-order chi connectivity index (χ0) is 6.27. The molecule has 2 heteroatoms. The van der Waals surface area contributed by atoms with E-state index in [0.29, 0.717) is 0 Å². The van der Waals surface area contributed by atoms with E-state index in [9.17, 15) is 4.79 Å². The molecule has 0 atom stereocenters. The highest BCUT2D eigenvalue weighted by molar-refractivity contribution is 5.91. The lowest BCUT2D eigenvalue weighted by Gasteiger charge is -1.78. The first-order valence-corrected chi connectivity index (χ1v) is 2.76. The van der Waals surface area contributed by atoms with Gasteiger partial charge in [0.25, 0.3) is 0 Å². The van der Waals surface area contributed by atoms with Crippen molar-refractivity contribution in [3.8, 4) is 0 Å². The molecule has 0 spiro atoms. The highest BCUT2D eigenvalue weighted by atomic mass is 16.1. The van der Waals surface area contributed by atoms with Crippen LogP contribution in [-0.2, 0) is 0 Å². The van der Waals surface area contributed by atoms with Crippen molar-refractivity contribution in [1.29, 1.82) is 0 Å². The molecule has 0 aliphatic heterocycles. The molecule has 2 bridgehead atoms. The van der Waals surface area contributed by atoms with Crippen LogP contribution in [0.1, 0.15) is 10.4 Å². The Morgan fingerprint density at radius 3 is 2.67 bits per heavy atom. The first-order chi connectivity index (χ1) is 4.40. The first kappa shape index (κ1) is 4.56. The monoisotopic (exact) mass is 119 g/mol. The molecule has 0 unspecified atom stereocenters. The van der Waals surface area contributed by atoms with E-state index in [0.717, 1.165) is 22.9 Å². The van der Waals surface area contributed by atoms with Gasteiger partial charge >= 0.3 is 0 Å². The Kier molecular flexibility index (Phi) is 0.681. The van der Waals surface area contributed by atoms with E-state index in [2.05, 4.69) is 4.98 Å². The lowest BCUT2D eigenvalue weighted by molar-refractivity contribution is 0.112. The summed E-state index contributed by atoms with van der Waals surface area (Å²) in [6.45, 7) is 0. The van der Waals surface area contributed by atoms with Crippen molar-refractivity contribution in [3.63, 3.8) is 0 Å². The number of H-pyrrole nitrogens is 1. The number of carbonyl (C=O) groups is 1. The van der Waals surface area contributed by atoms with Crippen molar-refractivity contribution in [2.24, 2.45) is 0 Å². The molecule has 2 aromatic heterocycles. The average molecular weight is 119 g/mol. The molecule has 0 aliphatic carbocycles. The summed E-state index contributed by atoms with van der Waals surface area (Å²) in [6, 6.07) is 5.68. The number of aromatic nitrogens is 1. The van der Waals surface area contributed by atoms with Gasteiger partial charge in [-0.2, -0.15) is 0 Å². The van der Waals surface area contributed by atoms with E-state index >= 15 is 0 Å². The second-order valence-corrected chi connectivity index (χ2v) is 2.04. The summed E-state index contributed by atoms with van der Waals surface area (Å²) < 4.78 is 0. The van der Waals surface area contributed by atoms with Crippen LogP contribution in [0.25, 0.3) is 11.0 Å². The van der Waals surface area contributed by atoms with Crippen LogP contribution >= 0.6 is 0 Å². The highest BCUT2D eigenvalue weighted by Crippen LogP contribution is 2.14. The second kappa shape index (κ2) is 1.35. The van der Waals surface area contributed by atoms with Gasteiger partial charge < -0.3 is 4.98 Å². The van der Waals surface area contributed by atoms with Gasteiger partial charge in [0.2, 0.25) is 0 Å². The minimum atomic E-state index is 0.757. The lowest BCUT2D eigenvalue weighted by atomic mass is 10.2. The van der Waals surface area contributed by atoms with Gasteiger partial charge in [0, 0.05) is 16.6 Å². The van der Waals surface area contributed by atoms with Crippen molar-refractivity contribution < 1.29 is 4.79 Å². The minimum absolute atomic E-state index is 0.757. The topological polar surface area (TPSA) is 32.9 Å². The smallest absolute Gasteiger partial charge is 0.152 e. The highest BCUT2D eigenvalue weighted by Gasteiger charge is 2.00. The summed E-state index contributed by atoms with van der Waals surface area (Å²) in [7, 11) is 0. The number of aldehydes is 1. The van der Waals surface area contributed by atoms with Gasteiger partial charge in [0.1, 0.15) is 0 Å². The Bertz CT molecular complexity index is 323. The van der Waals surface area contributed by atoms with E-state index in [4.69, 9.17) is 0 Å². The molecule has 2 nitrogen and oxygen atoms in total. The Labute approximate surface area is 51.8 Å². The van der Waals surface area contributed by atoms with Gasteiger partial charge in [-0.05, 0) is 18.2 Å². The number of hydrogen-bond donors (Lipinski definition) is 1. The zero-order valence-corrected chi connectivity index (χ0v) is 4.72. The maximum atomic E-state index is 10.2. The van der Waals surface area contributed by atoms with Crippen LogP contribution in [-0.4, -0.2) is 11.3 Å². The van der Waals surface area contributed by atoms with E-state index in [1.54, 1.807) is 0 Å². The Morgan fingerprint density at radius 1 is 1.44 bits per heavy atom. The molecule has 2 aromatic rings. The predicted molar refractivity (Wildman–Crippen MR) is 34.9 cm³/mol. The van der Waals surface area contributed by atoms with Gasteiger partial charge in [-0.1, -0.05) is 0 Å². The quantitative estimate of drug-likeness (QED) is 0.566. The lowest BCUT2D eigenvalue weighted by Crippen LogP contribution is -1.72. The van der Waals surface area contributed by atoms with Crippen LogP contribution in [0.4, 0.5) is 0 Å². The molecule has 2 rings (SSSR count). The number of nitrogens with one attached hydrogen (secondary N) is 1. The molecule has 0 aliphatic rings. The molecular weight excluding hydrogens is 114 g/mol. The molecule has 0 saturated carbocycles. The molecule has 0 radical (unpaired) electrons. The largest absolute Gasteiger partial charge is 0.355 e. The number of benzene rings is 1. The zero-order valence-electron chi connectivity index (χ0n) is 4.72. The third kappa shape index (κ3) is 0.470. The Balaban J connectivity index is 2.86. The summed E-state index contributed by atoms with van der Waals surface area (Å²) in [5, 5.41) is 0. The average Bonchev–Trinajstić information content (AvgIpc) is 2.45. The van der Waals surface area contributed by atoms with E-state index in [1.807, 2.05) is 18.2 Å². The van der Waals surface area contributed by atoms with Crippen molar-refractivity contribution >= 4 is 17.3 Å². The normalized spacial score (nSPS) is 10.7. The summed E-state index contributed by atoms with van der Waals surface area (Å²) in [5.41, 5.74) is 2.71. The summed E-state index contributed by atoms with van der Waals surface area (Å²) >= 11 is 0. The fourth-order valence-electron chi connectivity index (χ4n) is 1.01. The maximum absolute atomic E-state index is 10.2. The molecule has 9 heavy (non-hydrogen) atoms. The van der Waals surface area contributed by atoms with Crippen molar-refractivity contribution in [2.45, 2.75) is 0 Å². The molecule has 0 aromatic carbocycles. The molecular formula is C7H5NO. The van der Waals surface area contributed by atoms with Crippen molar-refractivity contribution in [3.05, 3.63) is 23.8 Å². The third-order valence-corrected chi connectivity index (χ3v) is 1.46. The number of carbonyl (C=O) groups excluding carboxylic acids is 1. The van der Waals surface area contributed by atoms with E-state index in [-0.39, 0.29) is 0 Å². The van der Waals surface area contributed by atoms with E-state index < -0.39 is 0 Å². The molecule has 44 valence electrons. The number of hydrogen-bond acceptors (Lipinski definition) is 1. The fourth-order valence-corrected chi connectivity index (χ4v) is 1.01. The van der Waals surface area contributed by atoms with Crippen LogP contribution < -0.4 is 0 Å². The number of rotatable bonds is 1. The minimum Gasteiger partial charge on any atom is -0.355 e. The Hall–Kier alpha value is -1.31. The van der Waals surface area contributed by atoms with Crippen LogP contribution in [0.3, 0.4) is 0 Å². The molecule has 0 amide bonds. The predicted octanol–water partition coefficient (Wildman–Crippen LogP) is 1.42. The van der Waals surface area contributed by atoms with Crippen LogP contribution in [0.5, 0.6) is 0 Å². The molecule has 2 heterocycles. The maximum Gasteiger partial charge on any atom is 0.152 e. The first-order valence-electron chi connectivity index (χ1n) is 2.76. The van der Waals surface area contributed by atoms with Crippen LogP contribution in [0, 0.1) is 0 Å². The number of aromatic amines is 1. The molecule has 0 saturated heterocycles. The van der Waals surface area contributed by atoms with Crippen molar-refractivity contribution in [2.75, 3.05) is 0 Å². The number of fused-ring (bicyclic) bond motifs is 2. The summed E-state index contributed by atoms with van der Waals surface area (Å²) in [5.74, 6) is 0. The second-order valence-electron chi connectivity index (χ2n) is 2.04. The van der Waals surface area contributed by atoms with Crippen LogP contribution in [0.15, 0.2) is 18.2 Å². The third-order valence-electron chi connectivity index (χ3n) is 1.46. The van der Waals surface area contributed by atoms with Gasteiger partial charge in [-0.25, -0.2) is 0 Å². The Morgan fingerprint density at radius 2 is 2.33 bits per heavy atom. The van der Waals surface area contributed by atoms with E-state index in [1.165, 1.54) is 0 Å².